The van der Waals surface area contributed by atoms with Crippen LogP contribution in [0.4, 0.5) is 17.1 Å². The molecule has 0 aromatic heterocycles. The summed E-state index contributed by atoms with van der Waals surface area (Å²) in [5.74, 6) is 0. The van der Waals surface area contributed by atoms with Crippen LogP contribution in [0.3, 0.4) is 0 Å². The maximum absolute atomic E-state index is 9.55. The summed E-state index contributed by atoms with van der Waals surface area (Å²) in [5.41, 5.74) is 4.81. The van der Waals surface area contributed by atoms with E-state index >= 15 is 0 Å². The van der Waals surface area contributed by atoms with Gasteiger partial charge >= 0.3 is 0 Å². The molecule has 9 aromatic rings. The zero-order chi connectivity index (χ0) is 40.9. The van der Waals surface area contributed by atoms with Crippen molar-refractivity contribution in [3.8, 4) is 44.5 Å². The normalized spacial score (nSPS) is 13.3. The van der Waals surface area contributed by atoms with Crippen molar-refractivity contribution in [2.75, 3.05) is 4.90 Å². The molecule has 0 saturated heterocycles. The van der Waals surface area contributed by atoms with Crippen molar-refractivity contribution in [1.82, 2.24) is 0 Å². The van der Waals surface area contributed by atoms with E-state index in [2.05, 4.69) is 24.3 Å². The molecule has 0 unspecified atom stereocenters. The van der Waals surface area contributed by atoms with Crippen molar-refractivity contribution in [2.24, 2.45) is 0 Å². The number of anilines is 3. The second-order valence-electron chi connectivity index (χ2n) is 12.3. The molecule has 240 valence electrons. The maximum atomic E-state index is 9.55. The lowest BCUT2D eigenvalue weighted by Crippen LogP contribution is -2.09. The van der Waals surface area contributed by atoms with Crippen molar-refractivity contribution in [2.45, 2.75) is 0 Å². The minimum atomic E-state index is -0.387. The molecule has 0 radical (unpaired) electrons. The topological polar surface area (TPSA) is 3.24 Å². The zero-order valence-electron chi connectivity index (χ0n) is 35.5. The highest BCUT2D eigenvalue weighted by molar-refractivity contribution is 6.04. The van der Waals surface area contributed by atoms with Gasteiger partial charge < -0.3 is 4.90 Å². The fourth-order valence-corrected chi connectivity index (χ4v) is 6.65. The lowest BCUT2D eigenvalue weighted by atomic mass is 9.89. The number of hydrogen-bond donors (Lipinski definition) is 0. The average molecular weight is 658 g/mol. The van der Waals surface area contributed by atoms with E-state index in [9.17, 15) is 11.0 Å². The van der Waals surface area contributed by atoms with Crippen LogP contribution < -0.4 is 4.90 Å². The summed E-state index contributed by atoms with van der Waals surface area (Å²) < 4.78 is 75.5. The largest absolute Gasteiger partial charge is 0.311 e. The summed E-state index contributed by atoms with van der Waals surface area (Å²) in [7, 11) is 0. The number of nitrogens with zero attached hydrogens (tertiary/aromatic N) is 1. The van der Waals surface area contributed by atoms with Crippen molar-refractivity contribution in [3.63, 3.8) is 0 Å². The molecular formula is C50H35N. The van der Waals surface area contributed by atoms with Gasteiger partial charge in [-0.1, -0.05) is 170 Å². The minimum absolute atomic E-state index is 0.112. The van der Waals surface area contributed by atoms with Crippen LogP contribution in [0.1, 0.15) is 11.0 Å². The molecule has 0 saturated carbocycles. The first-order chi connectivity index (χ1) is 28.6. The lowest BCUT2D eigenvalue weighted by Gasteiger charge is -2.26. The van der Waals surface area contributed by atoms with Gasteiger partial charge in [0.25, 0.3) is 0 Å². The maximum Gasteiger partial charge on any atom is 0.0645 e. The van der Waals surface area contributed by atoms with E-state index < -0.39 is 0 Å². The molecule has 51 heavy (non-hydrogen) atoms. The Morgan fingerprint density at radius 1 is 0.314 bits per heavy atom. The Balaban J connectivity index is 1.22. The third kappa shape index (κ3) is 5.96. The van der Waals surface area contributed by atoms with E-state index in [0.717, 1.165) is 43.8 Å². The van der Waals surface area contributed by atoms with Gasteiger partial charge in [0.15, 0.2) is 0 Å². The van der Waals surface area contributed by atoms with E-state index in [-0.39, 0.29) is 70.8 Å². The lowest BCUT2D eigenvalue weighted by molar-refractivity contribution is 1.28. The summed E-state index contributed by atoms with van der Waals surface area (Å²) in [6.45, 7) is 0. The molecule has 0 aliphatic heterocycles. The number of para-hydroxylation sites is 1. The Hall–Kier alpha value is -6.70. The summed E-state index contributed by atoms with van der Waals surface area (Å²) in [5, 5.41) is 3.88. The van der Waals surface area contributed by atoms with Crippen molar-refractivity contribution < 1.29 is 11.0 Å². The third-order valence-corrected chi connectivity index (χ3v) is 9.21. The zero-order valence-corrected chi connectivity index (χ0v) is 27.5. The standard InChI is InChI=1S/C50H35N/c1-3-12-40(13-4-1)49-34-29-41-14-9-10-18-48(41)50(49)42-27-32-47(33-28-42)51(45-16-5-2-6-17-45)46-30-25-38(26-31-46)37-19-21-39(22-20-37)44-24-23-36-11-7-8-15-43(36)35-44/h1-35H/i25D,26D,27D,28D,30D,31D,32D,33D. The molecular weight excluding hydrogens is 615 g/mol. The van der Waals surface area contributed by atoms with E-state index in [1.807, 2.05) is 97.1 Å². The van der Waals surface area contributed by atoms with Crippen LogP contribution in [0.25, 0.3) is 66.1 Å². The first-order valence-electron chi connectivity index (χ1n) is 20.9. The van der Waals surface area contributed by atoms with Crippen molar-refractivity contribution >= 4 is 38.6 Å². The Labute approximate surface area is 310 Å². The Kier molecular flexibility index (Phi) is 5.96. The number of fused-ring (bicyclic) bond motifs is 2. The highest BCUT2D eigenvalue weighted by Gasteiger charge is 2.16. The third-order valence-electron chi connectivity index (χ3n) is 9.21. The van der Waals surface area contributed by atoms with Gasteiger partial charge in [0.05, 0.1) is 11.0 Å². The van der Waals surface area contributed by atoms with Crippen molar-refractivity contribution in [3.05, 3.63) is 212 Å². The quantitative estimate of drug-likeness (QED) is 0.165. The predicted octanol–water partition coefficient (Wildman–Crippen LogP) is 14.1. The summed E-state index contributed by atoms with van der Waals surface area (Å²) >= 11 is 0. The highest BCUT2D eigenvalue weighted by atomic mass is 15.1. The highest BCUT2D eigenvalue weighted by Crippen LogP contribution is 2.41. The molecule has 0 aliphatic carbocycles. The second-order valence-corrected chi connectivity index (χ2v) is 12.3. The fourth-order valence-electron chi connectivity index (χ4n) is 6.65. The Morgan fingerprint density at radius 2 is 0.824 bits per heavy atom. The molecule has 9 aromatic carbocycles. The SMILES string of the molecule is [2H]c1c([2H])c(N(c2ccccc2)c2c([2H])c([2H])c(-c3c(-c4ccccc4)ccc4ccccc34)c([2H])c2[2H])c([2H])c([2H])c1-c1ccc(-c2ccc3ccccc3c2)cc1. The molecule has 0 N–H and O–H groups in total. The molecule has 0 fully saturated rings. The van der Waals surface area contributed by atoms with Gasteiger partial charge in [0, 0.05) is 17.1 Å². The van der Waals surface area contributed by atoms with Gasteiger partial charge in [0.1, 0.15) is 0 Å². The molecule has 0 aliphatic rings. The molecule has 0 spiro atoms. The number of rotatable bonds is 7. The molecule has 9 rings (SSSR count). The molecule has 0 atom stereocenters. The smallest absolute Gasteiger partial charge is 0.0645 e. The van der Waals surface area contributed by atoms with E-state index in [1.165, 1.54) is 4.90 Å². The van der Waals surface area contributed by atoms with Crippen LogP contribution in [0.15, 0.2) is 212 Å². The van der Waals surface area contributed by atoms with Gasteiger partial charge in [-0.2, -0.15) is 0 Å². The van der Waals surface area contributed by atoms with Gasteiger partial charge in [-0.3, -0.25) is 0 Å². The van der Waals surface area contributed by atoms with Gasteiger partial charge in [-0.15, -0.1) is 0 Å². The molecule has 1 nitrogen and oxygen atoms in total. The molecule has 0 amide bonds. The Morgan fingerprint density at radius 3 is 1.51 bits per heavy atom. The van der Waals surface area contributed by atoms with Crippen LogP contribution in [-0.4, -0.2) is 0 Å². The van der Waals surface area contributed by atoms with Gasteiger partial charge in [-0.25, -0.2) is 0 Å². The summed E-state index contributed by atoms with van der Waals surface area (Å²) in [6.07, 6.45) is 0. The minimum Gasteiger partial charge on any atom is -0.311 e. The first-order valence-corrected chi connectivity index (χ1v) is 16.9. The average Bonchev–Trinajstić information content (AvgIpc) is 3.28. The molecule has 1 heteroatoms. The van der Waals surface area contributed by atoms with E-state index in [0.29, 0.717) is 16.8 Å². The second kappa shape index (κ2) is 13.3. The van der Waals surface area contributed by atoms with Crippen LogP contribution in [0, 0.1) is 0 Å². The van der Waals surface area contributed by atoms with Crippen LogP contribution in [0.2, 0.25) is 0 Å². The van der Waals surface area contributed by atoms with Crippen LogP contribution in [-0.2, 0) is 0 Å². The number of hydrogen-bond acceptors (Lipinski definition) is 1. The first kappa shape index (κ1) is 22.8. The molecule has 0 heterocycles. The van der Waals surface area contributed by atoms with Crippen LogP contribution in [0.5, 0.6) is 0 Å². The van der Waals surface area contributed by atoms with E-state index in [1.54, 1.807) is 42.5 Å². The monoisotopic (exact) mass is 657 g/mol. The summed E-state index contributed by atoms with van der Waals surface area (Å²) in [4.78, 5) is 1.33. The van der Waals surface area contributed by atoms with Crippen LogP contribution >= 0.6 is 0 Å². The number of benzene rings is 9. The van der Waals surface area contributed by atoms with E-state index in [4.69, 9.17) is 0 Å². The van der Waals surface area contributed by atoms with Gasteiger partial charge in [-0.05, 0) is 108 Å². The predicted molar refractivity (Wildman–Crippen MR) is 218 cm³/mol. The Bertz CT molecular complexity index is 3020. The van der Waals surface area contributed by atoms with Crippen molar-refractivity contribution in [1.29, 1.82) is 0 Å². The summed E-state index contributed by atoms with van der Waals surface area (Å²) in [6, 6.07) is 48.8. The van der Waals surface area contributed by atoms with Gasteiger partial charge in [0.2, 0.25) is 0 Å². The fraction of sp³-hybridized carbons (Fsp3) is 0. The molecule has 0 bridgehead atoms.